The molecule has 2 atom stereocenters. The summed E-state index contributed by atoms with van der Waals surface area (Å²) in [6.07, 6.45) is 10.3. The molecule has 0 aliphatic heterocycles. The lowest BCUT2D eigenvalue weighted by Crippen LogP contribution is -2.67. The first-order valence-corrected chi connectivity index (χ1v) is 19.9. The summed E-state index contributed by atoms with van der Waals surface area (Å²) in [6.45, 7) is 0. The number of hydroxylamine groups is 1. The van der Waals surface area contributed by atoms with Crippen molar-refractivity contribution in [3.63, 3.8) is 0 Å². The standard InChI is InChI=1S/C29H38F9NO7S3/c1-39(40,47(41)29(36,37)38)48(42,43)27(32,33)26(30,31)28(34,35)49(44,45)46-25-23(20-13-7-3-8-14-20)17-22(19-11-5-2-6-12-19)18-24(25)21-15-9-4-10-16-21/h17-21H,2-16H2,1H3. The second kappa shape index (κ2) is 14.1. The van der Waals surface area contributed by atoms with E-state index < -0.39 is 81.2 Å². The van der Waals surface area contributed by atoms with Crippen molar-refractivity contribution < 1.29 is 68.2 Å². The van der Waals surface area contributed by atoms with E-state index in [0.29, 0.717) is 51.4 Å². The fourth-order valence-electron chi connectivity index (χ4n) is 7.04. The molecule has 0 radical (unpaired) electrons. The number of nitrogens with zero attached hydrogens (tertiary/aromatic N) is 1. The van der Waals surface area contributed by atoms with Crippen LogP contribution in [-0.2, 0) is 31.1 Å². The molecule has 49 heavy (non-hydrogen) atoms. The van der Waals surface area contributed by atoms with Gasteiger partial charge in [-0.1, -0.05) is 69.9 Å². The zero-order chi connectivity index (χ0) is 36.8. The first kappa shape index (κ1) is 40.1. The summed E-state index contributed by atoms with van der Waals surface area (Å²) < 4.78 is 192. The van der Waals surface area contributed by atoms with Crippen molar-refractivity contribution >= 4 is 31.1 Å². The Balaban J connectivity index is 1.86. The molecular formula is C29H38F9NO7S3. The zero-order valence-corrected chi connectivity index (χ0v) is 28.9. The number of hydrogen-bond acceptors (Lipinski definition) is 7. The molecule has 0 bridgehead atoms. The molecule has 0 heterocycles. The van der Waals surface area contributed by atoms with E-state index in [1.54, 1.807) is 12.1 Å². The highest BCUT2D eigenvalue weighted by Gasteiger charge is 2.86. The Morgan fingerprint density at radius 1 is 0.673 bits per heavy atom. The first-order chi connectivity index (χ1) is 22.4. The van der Waals surface area contributed by atoms with Gasteiger partial charge in [0.2, 0.25) is 0 Å². The Morgan fingerprint density at radius 3 is 1.41 bits per heavy atom. The van der Waals surface area contributed by atoms with Crippen LogP contribution < -0.4 is 4.18 Å². The quantitative estimate of drug-likeness (QED) is 0.0954. The Hall–Kier alpha value is -1.64. The molecule has 2 unspecified atom stereocenters. The van der Waals surface area contributed by atoms with Crippen LogP contribution in [0.4, 0.5) is 39.5 Å². The molecule has 0 N–H and O–H groups in total. The lowest BCUT2D eigenvalue weighted by Gasteiger charge is -2.39. The van der Waals surface area contributed by atoms with Gasteiger partial charge in [0.15, 0.2) is 0 Å². The van der Waals surface area contributed by atoms with E-state index in [2.05, 4.69) is 0 Å². The number of quaternary nitrogens is 1. The van der Waals surface area contributed by atoms with Gasteiger partial charge in [0.25, 0.3) is 0 Å². The molecule has 1 aromatic carbocycles. The van der Waals surface area contributed by atoms with Crippen LogP contribution >= 0.6 is 0 Å². The topological polar surface area (TPSA) is 118 Å². The van der Waals surface area contributed by atoms with E-state index in [9.17, 15) is 48.2 Å². The molecule has 0 spiro atoms. The first-order valence-electron chi connectivity index (χ1n) is 16.0. The number of hydrogen-bond donors (Lipinski definition) is 0. The summed E-state index contributed by atoms with van der Waals surface area (Å²) in [5.41, 5.74) is -5.41. The van der Waals surface area contributed by atoms with Gasteiger partial charge in [-0.3, -0.25) is 0 Å². The fraction of sp³-hybridized carbons (Fsp3) is 0.793. The number of sulfonamides is 1. The molecule has 3 aliphatic rings. The average molecular weight is 780 g/mol. The summed E-state index contributed by atoms with van der Waals surface area (Å²) in [4.78, 5) is 0. The minimum absolute atomic E-state index is 0.0144. The summed E-state index contributed by atoms with van der Waals surface area (Å²) >= 11 is 0. The SMILES string of the molecule is C[N+]([O-])(S(=O)C(F)(F)F)S(=O)(=O)C(F)(F)C(F)(F)C(F)(F)S(=O)(=O)Oc1c(C2CCCCC2)cc(C2CCCCC2)cc1C1CCCCC1. The normalized spacial score (nSPS) is 22.4. The van der Waals surface area contributed by atoms with Crippen molar-refractivity contribution in [3.8, 4) is 5.75 Å². The number of alkyl halides is 9. The van der Waals surface area contributed by atoms with Crippen molar-refractivity contribution in [2.24, 2.45) is 0 Å². The summed E-state index contributed by atoms with van der Waals surface area (Å²) in [5, 5.41) is -2.54. The number of rotatable bonds is 11. The van der Waals surface area contributed by atoms with E-state index in [1.165, 1.54) is 0 Å². The Kier molecular flexibility index (Phi) is 11.5. The monoisotopic (exact) mass is 779 g/mol. The maximum Gasteiger partial charge on any atom is 0.525 e. The van der Waals surface area contributed by atoms with Crippen molar-refractivity contribution in [3.05, 3.63) is 34.0 Å². The average Bonchev–Trinajstić information content (AvgIpc) is 3.04. The molecule has 8 nitrogen and oxygen atoms in total. The molecule has 0 amide bonds. The van der Waals surface area contributed by atoms with E-state index in [0.717, 1.165) is 50.5 Å². The Morgan fingerprint density at radius 2 is 1.04 bits per heavy atom. The van der Waals surface area contributed by atoms with Crippen LogP contribution in [0.25, 0.3) is 0 Å². The number of halogens is 9. The van der Waals surface area contributed by atoms with Gasteiger partial charge < -0.3 is 9.39 Å². The molecule has 0 aromatic heterocycles. The largest absolute Gasteiger partial charge is 0.602 e. The minimum Gasteiger partial charge on any atom is -0.602 e. The predicted molar refractivity (Wildman–Crippen MR) is 161 cm³/mol. The smallest absolute Gasteiger partial charge is 0.525 e. The number of benzene rings is 1. The minimum atomic E-state index is -8.08. The molecule has 4 rings (SSSR count). The van der Waals surface area contributed by atoms with E-state index in [-0.39, 0.29) is 17.0 Å². The summed E-state index contributed by atoms with van der Waals surface area (Å²) in [7, 11) is -21.7. The van der Waals surface area contributed by atoms with Crippen LogP contribution in [-0.4, -0.2) is 53.5 Å². The second-order valence-electron chi connectivity index (χ2n) is 13.1. The van der Waals surface area contributed by atoms with Gasteiger partial charge in [0.05, 0.1) is 7.05 Å². The van der Waals surface area contributed by atoms with Crippen molar-refractivity contribution in [2.45, 2.75) is 136 Å². The summed E-state index contributed by atoms with van der Waals surface area (Å²) in [5.74, 6) is -9.31. The second-order valence-corrected chi connectivity index (χ2v) is 18.8. The van der Waals surface area contributed by atoms with Gasteiger partial charge >= 0.3 is 53.1 Å². The maximum atomic E-state index is 15.4. The Labute approximate surface area is 281 Å². The molecular weight excluding hydrogens is 742 g/mol. The van der Waals surface area contributed by atoms with E-state index >= 15 is 17.6 Å². The highest BCUT2D eigenvalue weighted by Crippen LogP contribution is 2.55. The third-order valence-corrected chi connectivity index (χ3v) is 14.9. The molecule has 3 aliphatic carbocycles. The lowest BCUT2D eigenvalue weighted by atomic mass is 9.75. The van der Waals surface area contributed by atoms with Gasteiger partial charge in [-0.05, 0) is 73.0 Å². The third-order valence-electron chi connectivity index (χ3n) is 9.83. The Bertz CT molecular complexity index is 1560. The van der Waals surface area contributed by atoms with Crippen LogP contribution in [0.2, 0.25) is 0 Å². The van der Waals surface area contributed by atoms with Crippen molar-refractivity contribution in [1.82, 2.24) is 0 Å². The fourth-order valence-corrected chi connectivity index (χ4v) is 10.6. The zero-order valence-electron chi connectivity index (χ0n) is 26.4. The van der Waals surface area contributed by atoms with Crippen LogP contribution in [0, 0.1) is 5.21 Å². The van der Waals surface area contributed by atoms with Crippen LogP contribution in [0.1, 0.15) is 131 Å². The highest BCUT2D eigenvalue weighted by molar-refractivity contribution is 7.96. The van der Waals surface area contributed by atoms with Gasteiger partial charge in [-0.25, -0.2) is 0 Å². The molecule has 1 aromatic rings. The van der Waals surface area contributed by atoms with Crippen molar-refractivity contribution in [2.75, 3.05) is 7.05 Å². The maximum absolute atomic E-state index is 15.4. The molecule has 3 fully saturated rings. The van der Waals surface area contributed by atoms with Crippen LogP contribution in [0.3, 0.4) is 0 Å². The van der Waals surface area contributed by atoms with Gasteiger partial charge in [-0.15, -0.1) is 0 Å². The van der Waals surface area contributed by atoms with Gasteiger partial charge in [0.1, 0.15) is 5.75 Å². The molecule has 282 valence electrons. The molecule has 3 saturated carbocycles. The predicted octanol–water partition coefficient (Wildman–Crippen LogP) is 8.82. The van der Waals surface area contributed by atoms with Crippen molar-refractivity contribution in [1.29, 1.82) is 0 Å². The van der Waals surface area contributed by atoms with Crippen LogP contribution in [0.15, 0.2) is 12.1 Å². The van der Waals surface area contributed by atoms with Gasteiger partial charge in [-0.2, -0.15) is 64.0 Å². The van der Waals surface area contributed by atoms with Crippen LogP contribution in [0.5, 0.6) is 5.75 Å². The summed E-state index contributed by atoms with van der Waals surface area (Å²) in [6, 6.07) is 3.15. The third kappa shape index (κ3) is 7.23. The van der Waals surface area contributed by atoms with Gasteiger partial charge in [0, 0.05) is 0 Å². The molecule has 0 saturated heterocycles. The molecule has 20 heteroatoms. The highest BCUT2D eigenvalue weighted by atomic mass is 32.3. The van der Waals surface area contributed by atoms with E-state index in [4.69, 9.17) is 4.18 Å². The lowest BCUT2D eigenvalue weighted by molar-refractivity contribution is -0.587. The van der Waals surface area contributed by atoms with E-state index in [1.807, 2.05) is 0 Å².